The van der Waals surface area contributed by atoms with Crippen molar-refractivity contribution in [1.29, 1.82) is 0 Å². The monoisotopic (exact) mass is 732 g/mol. The molecule has 4 aromatic rings. The number of ether oxygens (including phenoxy) is 4. The van der Waals surface area contributed by atoms with Gasteiger partial charge in [0.25, 0.3) is 0 Å². The zero-order chi connectivity index (χ0) is 38.6. The van der Waals surface area contributed by atoms with E-state index in [0.29, 0.717) is 0 Å². The van der Waals surface area contributed by atoms with E-state index in [1.54, 1.807) is 0 Å². The Morgan fingerprint density at radius 1 is 0.698 bits per heavy atom. The van der Waals surface area contributed by atoms with Gasteiger partial charge in [-0.1, -0.05) is 24.3 Å². The first-order chi connectivity index (χ1) is 25.2. The van der Waals surface area contributed by atoms with Gasteiger partial charge in [0.15, 0.2) is 46.0 Å². The van der Waals surface area contributed by atoms with Crippen LogP contribution in [0.2, 0.25) is 0 Å². The van der Waals surface area contributed by atoms with Crippen LogP contribution in [0.15, 0.2) is 72.8 Å². The van der Waals surface area contributed by atoms with Gasteiger partial charge in [-0.05, 0) is 70.8 Å². The molecular formula is C37H32O16. The van der Waals surface area contributed by atoms with Crippen molar-refractivity contribution in [2.45, 2.75) is 37.1 Å². The van der Waals surface area contributed by atoms with Crippen molar-refractivity contribution in [2.75, 3.05) is 7.11 Å². The van der Waals surface area contributed by atoms with Gasteiger partial charge in [0, 0.05) is 24.5 Å². The minimum absolute atomic E-state index is 0.0446. The van der Waals surface area contributed by atoms with Gasteiger partial charge in [0.2, 0.25) is 12.2 Å². The number of hydrogen-bond acceptors (Lipinski definition) is 15. The molecule has 16 heteroatoms. The Morgan fingerprint density at radius 3 is 1.79 bits per heavy atom. The summed E-state index contributed by atoms with van der Waals surface area (Å²) < 4.78 is 21.6. The normalized spacial score (nSPS) is 15.9. The molecule has 0 aliphatic carbocycles. The molecule has 53 heavy (non-hydrogen) atoms. The fraction of sp³-hybridized carbons (Fsp3) is 0.189. The highest BCUT2D eigenvalue weighted by atomic mass is 16.6. The van der Waals surface area contributed by atoms with E-state index in [9.17, 15) is 60.0 Å². The van der Waals surface area contributed by atoms with Gasteiger partial charge in [-0.25, -0.2) is 14.4 Å². The SMILES string of the molecule is COC(=O)[C@@H](Cc1ccc(O)c(O)c1)OC(=O)[C@H]1c2c(/C=C/C(=O)O[C@H](Cc3ccc(O)c(O)c3)C(=O)O)ccc(O)c2O[C@@H]1c1ccc(O)c(O)c1. The predicted octanol–water partition coefficient (Wildman–Crippen LogP) is 3.42. The first-order valence-corrected chi connectivity index (χ1v) is 15.6. The van der Waals surface area contributed by atoms with Crippen molar-refractivity contribution in [1.82, 2.24) is 0 Å². The first-order valence-electron chi connectivity index (χ1n) is 15.6. The van der Waals surface area contributed by atoms with Gasteiger partial charge >= 0.3 is 23.9 Å². The highest BCUT2D eigenvalue weighted by Crippen LogP contribution is 2.53. The molecule has 0 saturated heterocycles. The summed E-state index contributed by atoms with van der Waals surface area (Å²) in [4.78, 5) is 51.7. The molecule has 0 amide bonds. The maximum atomic E-state index is 14.1. The number of methoxy groups -OCH3 is 1. The molecule has 276 valence electrons. The lowest BCUT2D eigenvalue weighted by molar-refractivity contribution is -0.167. The predicted molar refractivity (Wildman–Crippen MR) is 179 cm³/mol. The van der Waals surface area contributed by atoms with Crippen LogP contribution in [0.3, 0.4) is 0 Å². The van der Waals surface area contributed by atoms with Gasteiger partial charge < -0.3 is 59.8 Å². The molecular weight excluding hydrogens is 700 g/mol. The van der Waals surface area contributed by atoms with Crippen LogP contribution in [-0.2, 0) is 46.2 Å². The number of carbonyl (C=O) groups excluding carboxylic acids is 3. The number of benzene rings is 4. The van der Waals surface area contributed by atoms with Crippen LogP contribution >= 0.6 is 0 Å². The number of carboxylic acids is 1. The highest BCUT2D eigenvalue weighted by molar-refractivity contribution is 5.92. The lowest BCUT2D eigenvalue weighted by Gasteiger charge is -2.22. The molecule has 4 aromatic carbocycles. The molecule has 0 radical (unpaired) electrons. The number of phenolic OH excluding ortho intramolecular Hbond substituents is 7. The van der Waals surface area contributed by atoms with Crippen LogP contribution < -0.4 is 4.74 Å². The maximum absolute atomic E-state index is 14.1. The standard InChI is InChI=1S/C37H32O16/c1-50-36(48)29(15-18-3-8-22(39)26(43)13-18)52-37(49)32-31-19(4-10-24(41)34(31)53-33(32)20-5-9-23(40)27(44)16-20)6-11-30(45)51-28(35(46)47)14-17-2-7-21(38)25(42)12-17/h2-13,16,28-29,32-33,38-44H,14-15H2,1H3,(H,46,47)/b11-6+/t28-,29-,32+,33-/m1/s1. The number of hydrogen-bond donors (Lipinski definition) is 8. The fourth-order valence-corrected chi connectivity index (χ4v) is 5.61. The van der Waals surface area contributed by atoms with Crippen LogP contribution in [0.25, 0.3) is 6.08 Å². The number of rotatable bonds is 12. The minimum atomic E-state index is -1.72. The molecule has 4 atom stereocenters. The lowest BCUT2D eigenvalue weighted by atomic mass is 9.87. The van der Waals surface area contributed by atoms with E-state index >= 15 is 0 Å². The molecule has 0 aromatic heterocycles. The Labute approximate surface area is 299 Å². The topological polar surface area (TPSA) is 267 Å². The Bertz CT molecular complexity index is 2100. The van der Waals surface area contributed by atoms with Crippen LogP contribution in [0.4, 0.5) is 0 Å². The molecule has 0 unspecified atom stereocenters. The lowest BCUT2D eigenvalue weighted by Crippen LogP contribution is -2.33. The molecule has 8 N–H and O–H groups in total. The van der Waals surface area contributed by atoms with E-state index in [1.807, 2.05) is 0 Å². The zero-order valence-electron chi connectivity index (χ0n) is 27.6. The largest absolute Gasteiger partial charge is 0.504 e. The van der Waals surface area contributed by atoms with Gasteiger partial charge in [-0.15, -0.1) is 0 Å². The molecule has 0 saturated carbocycles. The summed E-state index contributed by atoms with van der Waals surface area (Å²) in [6.45, 7) is 0. The summed E-state index contributed by atoms with van der Waals surface area (Å²) in [7, 11) is 1.05. The molecule has 1 aliphatic heterocycles. The maximum Gasteiger partial charge on any atom is 0.347 e. The van der Waals surface area contributed by atoms with E-state index in [0.717, 1.165) is 49.6 Å². The van der Waals surface area contributed by atoms with Gasteiger partial charge in [0.1, 0.15) is 12.0 Å². The molecule has 0 fully saturated rings. The highest BCUT2D eigenvalue weighted by Gasteiger charge is 2.46. The Balaban J connectivity index is 1.49. The van der Waals surface area contributed by atoms with Crippen molar-refractivity contribution in [3.63, 3.8) is 0 Å². The van der Waals surface area contributed by atoms with Crippen LogP contribution in [-0.4, -0.2) is 84.0 Å². The summed E-state index contributed by atoms with van der Waals surface area (Å²) in [5, 5.41) is 79.5. The van der Waals surface area contributed by atoms with Crippen molar-refractivity contribution in [3.8, 4) is 46.0 Å². The number of carboxylic acid groups (broad SMARTS) is 1. The third-order valence-electron chi connectivity index (χ3n) is 8.23. The van der Waals surface area contributed by atoms with Crippen molar-refractivity contribution < 1.29 is 79.0 Å². The third kappa shape index (κ3) is 8.28. The van der Waals surface area contributed by atoms with Crippen LogP contribution in [0.1, 0.15) is 39.8 Å². The number of carbonyl (C=O) groups is 4. The molecule has 16 nitrogen and oxygen atoms in total. The van der Waals surface area contributed by atoms with Gasteiger partial charge in [-0.2, -0.15) is 0 Å². The Hall–Kier alpha value is -7.10. The van der Waals surface area contributed by atoms with E-state index in [2.05, 4.69) is 0 Å². The summed E-state index contributed by atoms with van der Waals surface area (Å²) in [6.07, 6.45) is -3.35. The molecule has 0 bridgehead atoms. The molecule has 5 rings (SSSR count). The summed E-state index contributed by atoms with van der Waals surface area (Å²) in [6, 6.07) is 13.3. The third-order valence-corrected chi connectivity index (χ3v) is 8.23. The van der Waals surface area contributed by atoms with E-state index in [-0.39, 0.29) is 46.4 Å². The van der Waals surface area contributed by atoms with Gasteiger partial charge in [-0.3, -0.25) is 4.79 Å². The smallest absolute Gasteiger partial charge is 0.347 e. The average Bonchev–Trinajstić information content (AvgIpc) is 3.53. The quantitative estimate of drug-likeness (QED) is 0.0449. The van der Waals surface area contributed by atoms with Crippen LogP contribution in [0, 0.1) is 0 Å². The van der Waals surface area contributed by atoms with Crippen LogP contribution in [0.5, 0.6) is 46.0 Å². The number of aromatic hydroxyl groups is 7. The van der Waals surface area contributed by atoms with Crippen molar-refractivity contribution >= 4 is 30.0 Å². The van der Waals surface area contributed by atoms with Gasteiger partial charge in [0.05, 0.1) is 7.11 Å². The minimum Gasteiger partial charge on any atom is -0.504 e. The second-order valence-electron chi connectivity index (χ2n) is 11.8. The number of phenols is 7. The fourth-order valence-electron chi connectivity index (χ4n) is 5.61. The summed E-state index contributed by atoms with van der Waals surface area (Å²) in [5.74, 6) is -9.88. The Morgan fingerprint density at radius 2 is 1.25 bits per heavy atom. The average molecular weight is 733 g/mol. The van der Waals surface area contributed by atoms with Crippen molar-refractivity contribution in [3.05, 3.63) is 101 Å². The zero-order valence-corrected chi connectivity index (χ0v) is 27.6. The van der Waals surface area contributed by atoms with E-state index in [1.165, 1.54) is 36.4 Å². The number of aliphatic carboxylic acids is 1. The van der Waals surface area contributed by atoms with E-state index in [4.69, 9.17) is 18.9 Å². The Kier molecular flexibility index (Phi) is 10.8. The molecule has 0 spiro atoms. The number of fused-ring (bicyclic) bond motifs is 1. The second-order valence-corrected chi connectivity index (χ2v) is 11.8. The number of esters is 3. The second kappa shape index (κ2) is 15.4. The molecule has 1 aliphatic rings. The van der Waals surface area contributed by atoms with E-state index < -0.39 is 88.4 Å². The summed E-state index contributed by atoms with van der Waals surface area (Å²) in [5.41, 5.74) is 0.661. The van der Waals surface area contributed by atoms with Crippen molar-refractivity contribution in [2.24, 2.45) is 0 Å². The first kappa shape index (κ1) is 37.2. The molecule has 1 heterocycles. The summed E-state index contributed by atoms with van der Waals surface area (Å²) >= 11 is 0.